The van der Waals surface area contributed by atoms with Crippen LogP contribution >= 0.6 is 11.6 Å². The number of β-amino-alcohol motifs (C(OH)–C–C–N with tert-alkyl or cyclic N) is 1. The van der Waals surface area contributed by atoms with Crippen molar-refractivity contribution in [1.29, 1.82) is 0 Å². The lowest BCUT2D eigenvalue weighted by atomic mass is 10.1. The van der Waals surface area contributed by atoms with Crippen molar-refractivity contribution in [3.8, 4) is 6.01 Å². The van der Waals surface area contributed by atoms with E-state index in [1.165, 1.54) is 7.11 Å². The number of hydrogen-bond donors (Lipinski definition) is 1. The third-order valence-corrected chi connectivity index (χ3v) is 2.61. The molecule has 2 heterocycles. The van der Waals surface area contributed by atoms with E-state index in [1.807, 2.05) is 4.90 Å². The molecule has 0 saturated carbocycles. The summed E-state index contributed by atoms with van der Waals surface area (Å²) in [5.41, 5.74) is 0. The van der Waals surface area contributed by atoms with E-state index in [1.54, 1.807) is 0 Å². The largest absolute Gasteiger partial charge is 0.467 e. The molecule has 2 rings (SSSR count). The SMILES string of the molecule is COc1nc(Cl)nc(N2CCC[C@H](O)C2)n1. The number of piperidine rings is 1. The Balaban J connectivity index is 2.21. The lowest BCUT2D eigenvalue weighted by molar-refractivity contribution is 0.153. The first-order valence-electron chi connectivity index (χ1n) is 5.07. The van der Waals surface area contributed by atoms with Crippen molar-refractivity contribution in [2.75, 3.05) is 25.1 Å². The fraction of sp³-hybridized carbons (Fsp3) is 0.667. The van der Waals surface area contributed by atoms with E-state index in [2.05, 4.69) is 15.0 Å². The molecule has 7 heteroatoms. The van der Waals surface area contributed by atoms with Crippen LogP contribution in [0.5, 0.6) is 6.01 Å². The number of anilines is 1. The molecule has 1 aromatic heterocycles. The zero-order chi connectivity index (χ0) is 11.5. The minimum absolute atomic E-state index is 0.0990. The Morgan fingerprint density at radius 1 is 1.44 bits per heavy atom. The molecular weight excluding hydrogens is 232 g/mol. The summed E-state index contributed by atoms with van der Waals surface area (Å²) >= 11 is 5.75. The Hall–Kier alpha value is -1.14. The fourth-order valence-electron chi connectivity index (χ4n) is 1.69. The third kappa shape index (κ3) is 2.51. The first-order chi connectivity index (χ1) is 7.69. The van der Waals surface area contributed by atoms with Crippen LogP contribution in [0.4, 0.5) is 5.95 Å². The first kappa shape index (κ1) is 11.3. The van der Waals surface area contributed by atoms with Crippen LogP contribution in [0.3, 0.4) is 0 Å². The number of methoxy groups -OCH3 is 1. The van der Waals surface area contributed by atoms with Crippen molar-refractivity contribution in [2.45, 2.75) is 18.9 Å². The molecule has 1 N–H and O–H groups in total. The first-order valence-corrected chi connectivity index (χ1v) is 5.45. The molecule has 16 heavy (non-hydrogen) atoms. The Morgan fingerprint density at radius 2 is 2.25 bits per heavy atom. The van der Waals surface area contributed by atoms with Gasteiger partial charge in [-0.2, -0.15) is 15.0 Å². The van der Waals surface area contributed by atoms with Gasteiger partial charge in [-0.15, -0.1) is 0 Å². The molecule has 88 valence electrons. The number of rotatable bonds is 2. The van der Waals surface area contributed by atoms with Crippen LogP contribution in [-0.4, -0.2) is 46.4 Å². The Labute approximate surface area is 98.2 Å². The molecule has 1 atom stereocenters. The monoisotopic (exact) mass is 244 g/mol. The van der Waals surface area contributed by atoms with Gasteiger partial charge in [0.25, 0.3) is 0 Å². The second-order valence-corrected chi connectivity index (χ2v) is 3.97. The standard InChI is InChI=1S/C9H13ClN4O2/c1-16-9-12-7(10)11-8(13-9)14-4-2-3-6(15)5-14/h6,15H,2-5H2,1H3/t6-/m0/s1. The summed E-state index contributed by atoms with van der Waals surface area (Å²) in [4.78, 5) is 13.8. The second kappa shape index (κ2) is 4.80. The molecule has 0 bridgehead atoms. The summed E-state index contributed by atoms with van der Waals surface area (Å²) < 4.78 is 4.92. The zero-order valence-corrected chi connectivity index (χ0v) is 9.68. The Bertz CT molecular complexity index is 377. The number of hydrogen-bond acceptors (Lipinski definition) is 6. The summed E-state index contributed by atoms with van der Waals surface area (Å²) in [5.74, 6) is 0.454. The van der Waals surface area contributed by atoms with Crippen molar-refractivity contribution in [2.24, 2.45) is 0 Å². The number of aromatic nitrogens is 3. The number of aliphatic hydroxyl groups excluding tert-OH is 1. The molecular formula is C9H13ClN4O2. The Kier molecular flexibility index (Phi) is 3.40. The van der Waals surface area contributed by atoms with Crippen molar-refractivity contribution in [3.05, 3.63) is 5.28 Å². The van der Waals surface area contributed by atoms with Gasteiger partial charge in [-0.3, -0.25) is 0 Å². The molecule has 1 aliphatic heterocycles. The lowest BCUT2D eigenvalue weighted by Crippen LogP contribution is -2.39. The van der Waals surface area contributed by atoms with Crippen molar-refractivity contribution >= 4 is 17.5 Å². The summed E-state index contributed by atoms with van der Waals surface area (Å²) in [6, 6.07) is 0.190. The highest BCUT2D eigenvalue weighted by Gasteiger charge is 2.21. The van der Waals surface area contributed by atoms with E-state index >= 15 is 0 Å². The normalized spacial score (nSPS) is 20.9. The smallest absolute Gasteiger partial charge is 0.322 e. The van der Waals surface area contributed by atoms with Crippen LogP contribution in [0.25, 0.3) is 0 Å². The van der Waals surface area contributed by atoms with Gasteiger partial charge in [0.2, 0.25) is 11.2 Å². The predicted molar refractivity (Wildman–Crippen MR) is 58.8 cm³/mol. The molecule has 0 aromatic carbocycles. The average molecular weight is 245 g/mol. The van der Waals surface area contributed by atoms with Gasteiger partial charge in [0.05, 0.1) is 13.2 Å². The number of halogens is 1. The zero-order valence-electron chi connectivity index (χ0n) is 8.93. The van der Waals surface area contributed by atoms with Gasteiger partial charge in [-0.05, 0) is 24.4 Å². The van der Waals surface area contributed by atoms with Gasteiger partial charge in [-0.1, -0.05) is 0 Å². The summed E-state index contributed by atoms with van der Waals surface area (Å²) in [5, 5.41) is 9.66. The maximum absolute atomic E-state index is 9.56. The molecule has 1 aromatic rings. The van der Waals surface area contributed by atoms with Crippen molar-refractivity contribution < 1.29 is 9.84 Å². The number of aliphatic hydroxyl groups is 1. The summed E-state index contributed by atoms with van der Waals surface area (Å²) in [6.07, 6.45) is 1.38. The van der Waals surface area contributed by atoms with Gasteiger partial charge in [0, 0.05) is 13.1 Å². The molecule has 0 radical (unpaired) electrons. The number of ether oxygens (including phenoxy) is 1. The van der Waals surface area contributed by atoms with Gasteiger partial charge in [0.15, 0.2) is 0 Å². The van der Waals surface area contributed by atoms with Crippen LogP contribution in [0.1, 0.15) is 12.8 Å². The number of nitrogens with zero attached hydrogens (tertiary/aromatic N) is 4. The minimum Gasteiger partial charge on any atom is -0.467 e. The van der Waals surface area contributed by atoms with Crippen LogP contribution in [-0.2, 0) is 0 Å². The van der Waals surface area contributed by atoms with Crippen molar-refractivity contribution in [3.63, 3.8) is 0 Å². The lowest BCUT2D eigenvalue weighted by Gasteiger charge is -2.29. The average Bonchev–Trinajstić information content (AvgIpc) is 2.28. The summed E-state index contributed by atoms with van der Waals surface area (Å²) in [6.45, 7) is 1.32. The van der Waals surface area contributed by atoms with Gasteiger partial charge >= 0.3 is 6.01 Å². The van der Waals surface area contributed by atoms with Crippen molar-refractivity contribution in [1.82, 2.24) is 15.0 Å². The Morgan fingerprint density at radius 3 is 2.94 bits per heavy atom. The fourth-order valence-corrected chi connectivity index (χ4v) is 1.84. The highest BCUT2D eigenvalue weighted by Crippen LogP contribution is 2.19. The van der Waals surface area contributed by atoms with Gasteiger partial charge in [-0.25, -0.2) is 0 Å². The molecule has 1 fully saturated rings. The van der Waals surface area contributed by atoms with Gasteiger partial charge < -0.3 is 14.7 Å². The van der Waals surface area contributed by atoms with Crippen LogP contribution in [0.2, 0.25) is 5.28 Å². The third-order valence-electron chi connectivity index (χ3n) is 2.44. The maximum atomic E-state index is 9.56. The second-order valence-electron chi connectivity index (χ2n) is 3.63. The quantitative estimate of drug-likeness (QED) is 0.817. The summed E-state index contributed by atoms with van der Waals surface area (Å²) in [7, 11) is 1.47. The van der Waals surface area contributed by atoms with E-state index in [9.17, 15) is 5.11 Å². The van der Waals surface area contributed by atoms with Crippen LogP contribution in [0, 0.1) is 0 Å². The molecule has 6 nitrogen and oxygen atoms in total. The molecule has 0 aliphatic carbocycles. The maximum Gasteiger partial charge on any atom is 0.322 e. The van der Waals surface area contributed by atoms with E-state index in [-0.39, 0.29) is 17.4 Å². The topological polar surface area (TPSA) is 71.4 Å². The van der Waals surface area contributed by atoms with E-state index in [4.69, 9.17) is 16.3 Å². The minimum atomic E-state index is -0.338. The van der Waals surface area contributed by atoms with Gasteiger partial charge in [0.1, 0.15) is 0 Å². The predicted octanol–water partition coefficient (Wildman–Crippen LogP) is 0.495. The molecule has 0 spiro atoms. The highest BCUT2D eigenvalue weighted by molar-refractivity contribution is 6.28. The van der Waals surface area contributed by atoms with Crippen LogP contribution < -0.4 is 9.64 Å². The van der Waals surface area contributed by atoms with E-state index in [0.717, 1.165) is 19.4 Å². The molecule has 0 amide bonds. The molecule has 1 saturated heterocycles. The molecule has 0 unspecified atom stereocenters. The van der Waals surface area contributed by atoms with E-state index in [0.29, 0.717) is 12.5 Å². The van der Waals surface area contributed by atoms with Crippen LogP contribution in [0.15, 0.2) is 0 Å². The highest BCUT2D eigenvalue weighted by atomic mass is 35.5. The molecule has 1 aliphatic rings. The van der Waals surface area contributed by atoms with E-state index < -0.39 is 0 Å².